The SMILES string of the molecule is NC(=O)[C@@H](CCCc1ccccc1)NC(=O)COCc1ccccc1. The lowest BCUT2D eigenvalue weighted by Crippen LogP contribution is -2.45. The van der Waals surface area contributed by atoms with Gasteiger partial charge in [0.1, 0.15) is 12.6 Å². The Bertz CT molecular complexity index is 659. The second-order valence-electron chi connectivity index (χ2n) is 5.88. The Labute approximate surface area is 148 Å². The van der Waals surface area contributed by atoms with Crippen LogP contribution in [0.3, 0.4) is 0 Å². The largest absolute Gasteiger partial charge is 0.368 e. The lowest BCUT2D eigenvalue weighted by Gasteiger charge is -2.15. The van der Waals surface area contributed by atoms with Gasteiger partial charge in [-0.3, -0.25) is 9.59 Å². The Balaban J connectivity index is 1.70. The molecule has 0 saturated carbocycles. The Hall–Kier alpha value is -2.66. The van der Waals surface area contributed by atoms with Crippen molar-refractivity contribution in [1.82, 2.24) is 5.32 Å². The third-order valence-corrected chi connectivity index (χ3v) is 3.82. The van der Waals surface area contributed by atoms with E-state index in [2.05, 4.69) is 5.32 Å². The van der Waals surface area contributed by atoms with Gasteiger partial charge in [0.25, 0.3) is 0 Å². The van der Waals surface area contributed by atoms with E-state index < -0.39 is 11.9 Å². The number of nitrogens with two attached hydrogens (primary N) is 1. The van der Waals surface area contributed by atoms with Gasteiger partial charge in [-0.05, 0) is 30.4 Å². The van der Waals surface area contributed by atoms with Crippen LogP contribution in [-0.4, -0.2) is 24.5 Å². The van der Waals surface area contributed by atoms with Gasteiger partial charge >= 0.3 is 0 Å². The van der Waals surface area contributed by atoms with Gasteiger partial charge in [-0.15, -0.1) is 0 Å². The maximum absolute atomic E-state index is 11.9. The van der Waals surface area contributed by atoms with Crippen LogP contribution in [0.15, 0.2) is 60.7 Å². The molecule has 0 fully saturated rings. The van der Waals surface area contributed by atoms with Crippen LogP contribution in [0, 0.1) is 0 Å². The van der Waals surface area contributed by atoms with E-state index in [9.17, 15) is 9.59 Å². The summed E-state index contributed by atoms with van der Waals surface area (Å²) in [4.78, 5) is 23.5. The molecule has 0 aliphatic rings. The molecular weight excluding hydrogens is 316 g/mol. The van der Waals surface area contributed by atoms with E-state index in [1.54, 1.807) is 0 Å². The van der Waals surface area contributed by atoms with Crippen molar-refractivity contribution in [2.75, 3.05) is 6.61 Å². The molecule has 0 aliphatic heterocycles. The molecule has 25 heavy (non-hydrogen) atoms. The smallest absolute Gasteiger partial charge is 0.246 e. The van der Waals surface area contributed by atoms with Crippen LogP contribution in [-0.2, 0) is 27.4 Å². The summed E-state index contributed by atoms with van der Waals surface area (Å²) in [5, 5.41) is 2.65. The first-order chi connectivity index (χ1) is 12.1. The zero-order chi connectivity index (χ0) is 17.9. The van der Waals surface area contributed by atoms with Crippen LogP contribution < -0.4 is 11.1 Å². The number of carbonyl (C=O) groups excluding carboxylic acids is 2. The maximum Gasteiger partial charge on any atom is 0.246 e. The van der Waals surface area contributed by atoms with Crippen LogP contribution >= 0.6 is 0 Å². The van der Waals surface area contributed by atoms with Crippen molar-refractivity contribution < 1.29 is 14.3 Å². The number of primary amides is 1. The van der Waals surface area contributed by atoms with E-state index in [1.807, 2.05) is 60.7 Å². The standard InChI is InChI=1S/C20H24N2O3/c21-20(24)18(13-7-12-16-8-3-1-4-9-16)22-19(23)15-25-14-17-10-5-2-6-11-17/h1-6,8-11,18H,7,12-15H2,(H2,21,24)(H,22,23)/t18-/m1/s1. The highest BCUT2D eigenvalue weighted by Crippen LogP contribution is 2.07. The predicted octanol–water partition coefficient (Wildman–Crippen LogP) is 2.20. The molecular formula is C20H24N2O3. The van der Waals surface area contributed by atoms with Crippen molar-refractivity contribution in [3.05, 3.63) is 71.8 Å². The van der Waals surface area contributed by atoms with Crippen molar-refractivity contribution in [1.29, 1.82) is 0 Å². The molecule has 0 saturated heterocycles. The fourth-order valence-corrected chi connectivity index (χ4v) is 2.51. The second-order valence-corrected chi connectivity index (χ2v) is 5.88. The van der Waals surface area contributed by atoms with Gasteiger partial charge in [0, 0.05) is 0 Å². The zero-order valence-corrected chi connectivity index (χ0v) is 14.2. The Morgan fingerprint density at radius 2 is 1.56 bits per heavy atom. The van der Waals surface area contributed by atoms with Gasteiger partial charge in [-0.2, -0.15) is 0 Å². The number of aryl methyl sites for hydroxylation is 1. The molecule has 2 aromatic rings. The average molecular weight is 340 g/mol. The van der Waals surface area contributed by atoms with E-state index in [-0.39, 0.29) is 12.5 Å². The number of amides is 2. The molecule has 0 aromatic heterocycles. The molecule has 2 amide bonds. The highest BCUT2D eigenvalue weighted by molar-refractivity contribution is 5.86. The molecule has 0 aliphatic carbocycles. The van der Waals surface area contributed by atoms with Crippen molar-refractivity contribution >= 4 is 11.8 Å². The van der Waals surface area contributed by atoms with E-state index in [4.69, 9.17) is 10.5 Å². The quantitative estimate of drug-likeness (QED) is 0.696. The van der Waals surface area contributed by atoms with E-state index >= 15 is 0 Å². The molecule has 2 rings (SSSR count). The monoisotopic (exact) mass is 340 g/mol. The minimum Gasteiger partial charge on any atom is -0.368 e. The van der Waals surface area contributed by atoms with Gasteiger partial charge in [-0.25, -0.2) is 0 Å². The summed E-state index contributed by atoms with van der Waals surface area (Å²) in [6.45, 7) is 0.251. The number of carbonyl (C=O) groups is 2. The van der Waals surface area contributed by atoms with Crippen LogP contribution in [0.1, 0.15) is 24.0 Å². The normalized spacial score (nSPS) is 11.7. The molecule has 5 heteroatoms. The Kier molecular flexibility index (Phi) is 7.66. The first kappa shape index (κ1) is 18.7. The Morgan fingerprint density at radius 3 is 2.16 bits per heavy atom. The number of rotatable bonds is 10. The number of hydrogen-bond donors (Lipinski definition) is 2. The van der Waals surface area contributed by atoms with Crippen molar-refractivity contribution in [2.24, 2.45) is 5.73 Å². The number of benzene rings is 2. The van der Waals surface area contributed by atoms with Gasteiger partial charge in [0.05, 0.1) is 6.61 Å². The minimum absolute atomic E-state index is 0.0998. The highest BCUT2D eigenvalue weighted by Gasteiger charge is 2.17. The fourth-order valence-electron chi connectivity index (χ4n) is 2.51. The molecule has 5 nitrogen and oxygen atoms in total. The molecule has 0 heterocycles. The summed E-state index contributed by atoms with van der Waals surface area (Å²) in [7, 11) is 0. The topological polar surface area (TPSA) is 81.4 Å². The van der Waals surface area contributed by atoms with Crippen LogP contribution in [0.2, 0.25) is 0 Å². The zero-order valence-electron chi connectivity index (χ0n) is 14.2. The predicted molar refractivity (Wildman–Crippen MR) is 96.6 cm³/mol. The van der Waals surface area contributed by atoms with Gasteiger partial charge < -0.3 is 15.8 Å². The minimum atomic E-state index is -0.670. The molecule has 2 aromatic carbocycles. The molecule has 1 atom stereocenters. The van der Waals surface area contributed by atoms with Crippen LogP contribution in [0.5, 0.6) is 0 Å². The summed E-state index contributed by atoms with van der Waals surface area (Å²) in [5.41, 5.74) is 7.58. The molecule has 0 spiro atoms. The van der Waals surface area contributed by atoms with Crippen molar-refractivity contribution in [2.45, 2.75) is 31.9 Å². The van der Waals surface area contributed by atoms with Crippen molar-refractivity contribution in [3.63, 3.8) is 0 Å². The first-order valence-electron chi connectivity index (χ1n) is 8.39. The number of ether oxygens (including phenoxy) is 1. The van der Waals surface area contributed by atoms with Crippen LogP contribution in [0.25, 0.3) is 0 Å². The van der Waals surface area contributed by atoms with Gasteiger partial charge in [0.2, 0.25) is 11.8 Å². The molecule has 0 unspecified atom stereocenters. The van der Waals surface area contributed by atoms with E-state index in [0.717, 1.165) is 18.4 Å². The average Bonchev–Trinajstić information content (AvgIpc) is 2.62. The molecule has 0 bridgehead atoms. The van der Waals surface area contributed by atoms with Gasteiger partial charge in [-0.1, -0.05) is 60.7 Å². The van der Waals surface area contributed by atoms with Crippen molar-refractivity contribution in [3.8, 4) is 0 Å². The molecule has 3 N–H and O–H groups in total. The lowest BCUT2D eigenvalue weighted by molar-refractivity contribution is -0.130. The van der Waals surface area contributed by atoms with E-state index in [1.165, 1.54) is 5.56 Å². The number of hydrogen-bond acceptors (Lipinski definition) is 3. The van der Waals surface area contributed by atoms with Crippen LogP contribution in [0.4, 0.5) is 0 Å². The second kappa shape index (κ2) is 10.3. The molecule has 0 radical (unpaired) electrons. The molecule has 132 valence electrons. The Morgan fingerprint density at radius 1 is 0.960 bits per heavy atom. The third-order valence-electron chi connectivity index (χ3n) is 3.82. The summed E-state index contributed by atoms with van der Waals surface area (Å²) in [6.07, 6.45) is 2.11. The first-order valence-corrected chi connectivity index (χ1v) is 8.39. The summed E-state index contributed by atoms with van der Waals surface area (Å²) in [6, 6.07) is 18.9. The third kappa shape index (κ3) is 7.18. The fraction of sp³-hybridized carbons (Fsp3) is 0.300. The lowest BCUT2D eigenvalue weighted by atomic mass is 10.0. The number of nitrogens with one attached hydrogen (secondary N) is 1. The highest BCUT2D eigenvalue weighted by atomic mass is 16.5. The van der Waals surface area contributed by atoms with E-state index in [0.29, 0.717) is 13.0 Å². The maximum atomic E-state index is 11.9. The summed E-state index contributed by atoms with van der Waals surface area (Å²) in [5.74, 6) is -0.857. The summed E-state index contributed by atoms with van der Waals surface area (Å²) >= 11 is 0. The summed E-state index contributed by atoms with van der Waals surface area (Å²) < 4.78 is 5.37. The van der Waals surface area contributed by atoms with Gasteiger partial charge in [0.15, 0.2) is 0 Å².